The number of nitrogens with zero attached hydrogens (tertiary/aromatic N) is 1. The van der Waals surface area contributed by atoms with E-state index in [1.807, 2.05) is 37.4 Å². The number of piperidine rings is 1. The summed E-state index contributed by atoms with van der Waals surface area (Å²) in [6.45, 7) is 0.717. The van der Waals surface area contributed by atoms with E-state index in [4.69, 9.17) is 9.47 Å². The molecule has 1 N–H and O–H groups in total. The van der Waals surface area contributed by atoms with E-state index in [0.717, 1.165) is 36.9 Å². The van der Waals surface area contributed by atoms with Gasteiger partial charge in [-0.1, -0.05) is 30.3 Å². The summed E-state index contributed by atoms with van der Waals surface area (Å²) in [5.74, 6) is 0.584. The summed E-state index contributed by atoms with van der Waals surface area (Å²) in [4.78, 5) is 0. The normalized spacial score (nSPS) is 23.5. The van der Waals surface area contributed by atoms with Gasteiger partial charge in [0.1, 0.15) is 5.75 Å². The minimum Gasteiger partial charge on any atom is -0.496 e. The van der Waals surface area contributed by atoms with Gasteiger partial charge in [0.25, 0.3) is 0 Å². The summed E-state index contributed by atoms with van der Waals surface area (Å²) in [6.07, 6.45) is -3.61. The summed E-state index contributed by atoms with van der Waals surface area (Å²) in [5.41, 5.74) is 5.12. The minimum absolute atomic E-state index is 0. The molecular formula is C22H27Cl2F3N2O2. The lowest BCUT2D eigenvalue weighted by Crippen LogP contribution is -2.55. The molecule has 2 aromatic carbocycles. The highest BCUT2D eigenvalue weighted by Gasteiger charge is 2.49. The Morgan fingerprint density at radius 2 is 1.84 bits per heavy atom. The number of fused-ring (bicyclic) bond motifs is 1. The Morgan fingerprint density at radius 3 is 2.45 bits per heavy atom. The standard InChI is InChI=1S/C22H25F3N2O2.2ClH/c1-26-27-11-7-6-10-21(27,16-8-4-3-5-9-16)18-13-17-15(12-19(18)28-2)14-29-20(17)22(23,24)25;;/h3-5,8-9,12-13,20,26H,6-7,10-11,14H2,1-2H3;2*1H/t20-,21-;;/m0../s1. The van der Waals surface area contributed by atoms with Gasteiger partial charge < -0.3 is 9.47 Å². The second-order valence-electron chi connectivity index (χ2n) is 7.54. The zero-order chi connectivity index (χ0) is 20.6. The third-order valence-electron chi connectivity index (χ3n) is 6.04. The van der Waals surface area contributed by atoms with Crippen molar-refractivity contribution in [3.63, 3.8) is 0 Å². The SMILES string of the molecule is CNN1CCCC[C@]1(c1ccccc1)c1cc2c(cc1OC)CO[C@@H]2C(F)(F)F.Cl.Cl. The zero-order valence-corrected chi connectivity index (χ0v) is 19.0. The van der Waals surface area contributed by atoms with Crippen molar-refractivity contribution in [3.8, 4) is 5.75 Å². The Morgan fingerprint density at radius 1 is 1.13 bits per heavy atom. The molecule has 1 fully saturated rings. The van der Waals surface area contributed by atoms with Crippen molar-refractivity contribution in [1.29, 1.82) is 0 Å². The van der Waals surface area contributed by atoms with E-state index < -0.39 is 17.8 Å². The molecule has 2 aliphatic rings. The predicted octanol–water partition coefficient (Wildman–Crippen LogP) is 5.54. The molecule has 0 aromatic heterocycles. The van der Waals surface area contributed by atoms with E-state index >= 15 is 0 Å². The van der Waals surface area contributed by atoms with Crippen LogP contribution in [0.1, 0.15) is 47.6 Å². The van der Waals surface area contributed by atoms with Gasteiger partial charge in [0.05, 0.1) is 19.3 Å². The molecule has 172 valence electrons. The van der Waals surface area contributed by atoms with Gasteiger partial charge in [-0.05, 0) is 55.1 Å². The van der Waals surface area contributed by atoms with Crippen molar-refractivity contribution in [1.82, 2.24) is 10.4 Å². The zero-order valence-electron chi connectivity index (χ0n) is 17.4. The Kier molecular flexibility index (Phi) is 8.27. The Labute approximate surface area is 192 Å². The lowest BCUT2D eigenvalue weighted by atomic mass is 9.74. The molecule has 4 nitrogen and oxygen atoms in total. The first-order valence-corrected chi connectivity index (χ1v) is 9.82. The number of ether oxygens (including phenoxy) is 2. The maximum Gasteiger partial charge on any atom is 0.418 e. The van der Waals surface area contributed by atoms with E-state index in [-0.39, 0.29) is 37.0 Å². The van der Waals surface area contributed by atoms with E-state index in [1.165, 1.54) is 0 Å². The highest BCUT2D eigenvalue weighted by atomic mass is 35.5. The van der Waals surface area contributed by atoms with Gasteiger partial charge in [-0.3, -0.25) is 5.43 Å². The largest absolute Gasteiger partial charge is 0.496 e. The van der Waals surface area contributed by atoms with Gasteiger partial charge in [-0.25, -0.2) is 5.01 Å². The van der Waals surface area contributed by atoms with Crippen LogP contribution in [0.4, 0.5) is 13.2 Å². The summed E-state index contributed by atoms with van der Waals surface area (Å²) in [5, 5.41) is 2.12. The molecular weight excluding hydrogens is 452 g/mol. The van der Waals surface area contributed by atoms with Gasteiger partial charge in [-0.15, -0.1) is 24.8 Å². The van der Waals surface area contributed by atoms with Crippen molar-refractivity contribution in [2.24, 2.45) is 0 Å². The summed E-state index contributed by atoms with van der Waals surface area (Å²) >= 11 is 0. The van der Waals surface area contributed by atoms with Crippen LogP contribution >= 0.6 is 24.8 Å². The summed E-state index contributed by atoms with van der Waals surface area (Å²) in [6, 6.07) is 13.3. The van der Waals surface area contributed by atoms with Crippen LogP contribution in [0.3, 0.4) is 0 Å². The number of rotatable bonds is 4. The number of alkyl halides is 3. The van der Waals surface area contributed by atoms with Crippen LogP contribution < -0.4 is 10.2 Å². The van der Waals surface area contributed by atoms with E-state index in [9.17, 15) is 13.2 Å². The average molecular weight is 479 g/mol. The molecule has 2 heterocycles. The number of methoxy groups -OCH3 is 1. The van der Waals surface area contributed by atoms with Crippen LogP contribution in [0.2, 0.25) is 0 Å². The summed E-state index contributed by atoms with van der Waals surface area (Å²) in [7, 11) is 3.41. The quantitative estimate of drug-likeness (QED) is 0.625. The third-order valence-corrected chi connectivity index (χ3v) is 6.04. The molecule has 0 bridgehead atoms. The highest BCUT2D eigenvalue weighted by molar-refractivity contribution is 5.85. The first kappa shape index (κ1) is 25.7. The second kappa shape index (κ2) is 9.96. The van der Waals surface area contributed by atoms with Gasteiger partial charge in [0.15, 0.2) is 6.10 Å². The fourth-order valence-corrected chi connectivity index (χ4v) is 4.76. The molecule has 2 atom stereocenters. The third kappa shape index (κ3) is 4.39. The monoisotopic (exact) mass is 478 g/mol. The molecule has 4 rings (SSSR count). The first-order chi connectivity index (χ1) is 13.9. The number of hydrazine groups is 1. The van der Waals surface area contributed by atoms with Crippen molar-refractivity contribution in [2.45, 2.75) is 43.7 Å². The molecule has 0 amide bonds. The fourth-order valence-electron chi connectivity index (χ4n) is 4.76. The van der Waals surface area contributed by atoms with Gasteiger partial charge in [0.2, 0.25) is 0 Å². The van der Waals surface area contributed by atoms with E-state index in [1.54, 1.807) is 19.2 Å². The number of benzene rings is 2. The maximum atomic E-state index is 13.6. The molecule has 0 unspecified atom stereocenters. The summed E-state index contributed by atoms with van der Waals surface area (Å²) < 4.78 is 51.5. The molecule has 0 saturated carbocycles. The van der Waals surface area contributed by atoms with Crippen molar-refractivity contribution in [3.05, 3.63) is 64.7 Å². The molecule has 0 radical (unpaired) electrons. The molecule has 2 aromatic rings. The highest BCUT2D eigenvalue weighted by Crippen LogP contribution is 2.50. The van der Waals surface area contributed by atoms with Gasteiger partial charge >= 0.3 is 6.18 Å². The molecule has 1 saturated heterocycles. The van der Waals surface area contributed by atoms with Crippen molar-refractivity contribution in [2.75, 3.05) is 20.7 Å². The van der Waals surface area contributed by atoms with Crippen LogP contribution in [0, 0.1) is 0 Å². The van der Waals surface area contributed by atoms with E-state index in [0.29, 0.717) is 11.3 Å². The molecule has 2 aliphatic heterocycles. The Hall–Kier alpha value is -1.51. The van der Waals surface area contributed by atoms with E-state index in [2.05, 4.69) is 10.4 Å². The first-order valence-electron chi connectivity index (χ1n) is 9.82. The average Bonchev–Trinajstić information content (AvgIpc) is 3.16. The lowest BCUT2D eigenvalue weighted by molar-refractivity contribution is -0.219. The van der Waals surface area contributed by atoms with Gasteiger partial charge in [0, 0.05) is 12.1 Å². The van der Waals surface area contributed by atoms with Crippen molar-refractivity contribution < 1.29 is 22.6 Å². The predicted molar refractivity (Wildman–Crippen MR) is 118 cm³/mol. The number of halogens is 5. The van der Waals surface area contributed by atoms with Crippen LogP contribution in [0.25, 0.3) is 0 Å². The Balaban J connectivity index is 0.00000171. The number of hydrogen-bond donors (Lipinski definition) is 1. The smallest absolute Gasteiger partial charge is 0.418 e. The van der Waals surface area contributed by atoms with Crippen LogP contribution in [0.5, 0.6) is 5.75 Å². The Bertz CT molecular complexity index is 883. The van der Waals surface area contributed by atoms with Crippen LogP contribution in [-0.4, -0.2) is 31.9 Å². The van der Waals surface area contributed by atoms with Crippen LogP contribution in [-0.2, 0) is 16.9 Å². The molecule has 0 spiro atoms. The maximum absolute atomic E-state index is 13.6. The van der Waals surface area contributed by atoms with Crippen LogP contribution in [0.15, 0.2) is 42.5 Å². The lowest BCUT2D eigenvalue weighted by Gasteiger charge is -2.48. The van der Waals surface area contributed by atoms with Crippen molar-refractivity contribution >= 4 is 24.8 Å². The molecule has 9 heteroatoms. The minimum atomic E-state index is -4.45. The fraction of sp³-hybridized carbons (Fsp3) is 0.455. The number of nitrogens with one attached hydrogen (secondary N) is 1. The van der Waals surface area contributed by atoms with Gasteiger partial charge in [-0.2, -0.15) is 13.2 Å². The molecule has 31 heavy (non-hydrogen) atoms. The number of hydrogen-bond acceptors (Lipinski definition) is 4. The second-order valence-corrected chi connectivity index (χ2v) is 7.54. The molecule has 0 aliphatic carbocycles. The topological polar surface area (TPSA) is 33.7 Å².